The van der Waals surface area contributed by atoms with E-state index in [1.54, 1.807) is 0 Å². The average Bonchev–Trinajstić information content (AvgIpc) is 2.93. The highest BCUT2D eigenvalue weighted by atomic mass is 35.5. The first-order chi connectivity index (χ1) is 18.0. The van der Waals surface area contributed by atoms with Crippen molar-refractivity contribution in [3.8, 4) is 0 Å². The lowest BCUT2D eigenvalue weighted by Gasteiger charge is -2.38. The SMILES string of the molecule is CC1CCN(c2cc(N3CCOCC3)nc(NC(=S)NCC3(c4cccc(Cl)c4)CCCCC3)n2)CC1. The third-order valence-corrected chi connectivity index (χ3v) is 8.68. The van der Waals surface area contributed by atoms with Crippen molar-refractivity contribution in [1.29, 1.82) is 0 Å². The molecule has 3 aliphatic rings. The van der Waals surface area contributed by atoms with Crippen molar-refractivity contribution >= 4 is 46.5 Å². The topological polar surface area (TPSA) is 65.6 Å². The second kappa shape index (κ2) is 12.1. The number of halogens is 1. The van der Waals surface area contributed by atoms with Crippen LogP contribution in [0.1, 0.15) is 57.4 Å². The van der Waals surface area contributed by atoms with E-state index in [0.29, 0.717) is 11.1 Å². The summed E-state index contributed by atoms with van der Waals surface area (Å²) in [6.45, 7) is 8.23. The molecule has 0 amide bonds. The van der Waals surface area contributed by atoms with Crippen molar-refractivity contribution in [1.82, 2.24) is 15.3 Å². The van der Waals surface area contributed by atoms with Gasteiger partial charge in [-0.2, -0.15) is 9.97 Å². The molecule has 2 saturated heterocycles. The summed E-state index contributed by atoms with van der Waals surface area (Å²) >= 11 is 12.1. The summed E-state index contributed by atoms with van der Waals surface area (Å²) in [6.07, 6.45) is 8.35. The maximum atomic E-state index is 6.37. The van der Waals surface area contributed by atoms with Gasteiger partial charge in [-0.05, 0) is 61.5 Å². The molecule has 0 atom stereocenters. The number of thiocarbonyl (C=S) groups is 1. The second-order valence-electron chi connectivity index (χ2n) is 10.8. The maximum absolute atomic E-state index is 6.37. The molecule has 37 heavy (non-hydrogen) atoms. The van der Waals surface area contributed by atoms with Crippen molar-refractivity contribution < 1.29 is 4.74 Å². The van der Waals surface area contributed by atoms with Gasteiger partial charge in [-0.25, -0.2) is 0 Å². The molecule has 200 valence electrons. The van der Waals surface area contributed by atoms with E-state index < -0.39 is 0 Å². The van der Waals surface area contributed by atoms with Gasteiger partial charge in [0.15, 0.2) is 5.11 Å². The number of rotatable bonds is 6. The van der Waals surface area contributed by atoms with Gasteiger partial charge in [-0.15, -0.1) is 0 Å². The van der Waals surface area contributed by atoms with Crippen LogP contribution in [0.4, 0.5) is 17.6 Å². The normalized spacial score (nSPS) is 20.5. The maximum Gasteiger partial charge on any atom is 0.232 e. The van der Waals surface area contributed by atoms with E-state index in [2.05, 4.69) is 51.6 Å². The predicted molar refractivity (Wildman–Crippen MR) is 156 cm³/mol. The zero-order valence-electron chi connectivity index (χ0n) is 21.8. The molecule has 0 spiro atoms. The molecular formula is C28H39ClN6OS. The predicted octanol–water partition coefficient (Wildman–Crippen LogP) is 5.39. The Balaban J connectivity index is 1.32. The van der Waals surface area contributed by atoms with E-state index in [1.807, 2.05) is 6.07 Å². The number of hydrogen-bond donors (Lipinski definition) is 2. The number of piperidine rings is 1. The fraction of sp³-hybridized carbons (Fsp3) is 0.607. The standard InChI is InChI=1S/C28H39ClN6OS/c1-21-8-12-34(13-9-21)24-19-25(35-14-16-36-17-15-35)32-26(31-24)33-27(37)30-20-28(10-3-2-4-11-28)22-6-5-7-23(29)18-22/h5-7,18-19,21H,2-4,8-17,20H2,1H3,(H2,30,31,32,33,37). The average molecular weight is 543 g/mol. The molecule has 2 N–H and O–H groups in total. The molecule has 7 nitrogen and oxygen atoms in total. The Bertz CT molecular complexity index is 1060. The Morgan fingerprint density at radius 2 is 1.70 bits per heavy atom. The van der Waals surface area contributed by atoms with Crippen molar-refractivity contribution in [2.45, 2.75) is 57.3 Å². The van der Waals surface area contributed by atoms with Crippen LogP contribution in [0.5, 0.6) is 0 Å². The van der Waals surface area contributed by atoms with Gasteiger partial charge in [0, 0.05) is 49.2 Å². The van der Waals surface area contributed by atoms with Gasteiger partial charge in [0.25, 0.3) is 0 Å². The summed E-state index contributed by atoms with van der Waals surface area (Å²) in [7, 11) is 0. The zero-order valence-corrected chi connectivity index (χ0v) is 23.4. The Morgan fingerprint density at radius 1 is 1.03 bits per heavy atom. The van der Waals surface area contributed by atoms with Crippen LogP contribution in [0.3, 0.4) is 0 Å². The molecule has 0 radical (unpaired) electrons. The van der Waals surface area contributed by atoms with Crippen molar-refractivity contribution in [2.24, 2.45) is 5.92 Å². The number of aromatic nitrogens is 2. The fourth-order valence-corrected chi connectivity index (χ4v) is 6.20. The molecule has 0 unspecified atom stereocenters. The second-order valence-corrected chi connectivity index (χ2v) is 11.7. The molecule has 1 aliphatic carbocycles. The van der Waals surface area contributed by atoms with Crippen molar-refractivity contribution in [3.05, 3.63) is 40.9 Å². The number of nitrogens with zero attached hydrogens (tertiary/aromatic N) is 4. The molecule has 9 heteroatoms. The van der Waals surface area contributed by atoms with Gasteiger partial charge < -0.3 is 25.2 Å². The van der Waals surface area contributed by atoms with Gasteiger partial charge in [0.05, 0.1) is 13.2 Å². The minimum absolute atomic E-state index is 0.0288. The lowest BCUT2D eigenvalue weighted by molar-refractivity contribution is 0.122. The first kappa shape index (κ1) is 26.4. The smallest absolute Gasteiger partial charge is 0.232 e. The van der Waals surface area contributed by atoms with E-state index in [4.69, 9.17) is 38.5 Å². The third kappa shape index (κ3) is 6.65. The monoisotopic (exact) mass is 542 g/mol. The van der Waals surface area contributed by atoms with Crippen LogP contribution in [-0.2, 0) is 10.2 Å². The number of ether oxygens (including phenoxy) is 1. The summed E-state index contributed by atoms with van der Waals surface area (Å²) in [6, 6.07) is 10.4. The lowest BCUT2D eigenvalue weighted by atomic mass is 9.69. The van der Waals surface area contributed by atoms with Gasteiger partial charge in [-0.3, -0.25) is 0 Å². The molecule has 1 saturated carbocycles. The minimum Gasteiger partial charge on any atom is -0.378 e. The van der Waals surface area contributed by atoms with Gasteiger partial charge in [0.1, 0.15) is 11.6 Å². The number of nitrogens with one attached hydrogen (secondary N) is 2. The first-order valence-electron chi connectivity index (χ1n) is 13.8. The van der Waals surface area contributed by atoms with E-state index in [9.17, 15) is 0 Å². The zero-order chi connectivity index (χ0) is 25.7. The fourth-order valence-electron chi connectivity index (χ4n) is 5.84. The summed E-state index contributed by atoms with van der Waals surface area (Å²) in [5.74, 6) is 3.21. The van der Waals surface area contributed by atoms with E-state index >= 15 is 0 Å². The number of morpholine rings is 1. The largest absolute Gasteiger partial charge is 0.378 e. The molecule has 1 aromatic heterocycles. The Morgan fingerprint density at radius 3 is 2.38 bits per heavy atom. The van der Waals surface area contributed by atoms with Crippen LogP contribution < -0.4 is 20.4 Å². The molecule has 5 rings (SSSR count). The van der Waals surface area contributed by atoms with E-state index in [0.717, 1.165) is 81.4 Å². The summed E-state index contributed by atoms with van der Waals surface area (Å²) in [5, 5.41) is 8.18. The lowest BCUT2D eigenvalue weighted by Crippen LogP contribution is -2.44. The van der Waals surface area contributed by atoms with Crippen molar-refractivity contribution in [3.63, 3.8) is 0 Å². The number of anilines is 3. The molecule has 2 aliphatic heterocycles. The quantitative estimate of drug-likeness (QED) is 0.471. The van der Waals surface area contributed by atoms with Crippen LogP contribution in [0.2, 0.25) is 5.02 Å². The molecule has 1 aromatic carbocycles. The molecule has 3 heterocycles. The van der Waals surface area contributed by atoms with Gasteiger partial charge in [0.2, 0.25) is 5.95 Å². The van der Waals surface area contributed by atoms with E-state index in [1.165, 1.54) is 37.7 Å². The van der Waals surface area contributed by atoms with Crippen molar-refractivity contribution in [2.75, 3.05) is 61.1 Å². The Kier molecular flexibility index (Phi) is 8.67. The highest BCUT2D eigenvalue weighted by Gasteiger charge is 2.34. The van der Waals surface area contributed by atoms with Crippen LogP contribution in [0.15, 0.2) is 30.3 Å². The summed E-state index contributed by atoms with van der Waals surface area (Å²) in [5.41, 5.74) is 1.32. The molecular weight excluding hydrogens is 504 g/mol. The number of hydrogen-bond acceptors (Lipinski definition) is 6. The van der Waals surface area contributed by atoms with Crippen LogP contribution in [-0.4, -0.2) is 61.0 Å². The molecule has 3 fully saturated rings. The van der Waals surface area contributed by atoms with Gasteiger partial charge in [-0.1, -0.05) is 49.9 Å². The Labute approximate surface area is 231 Å². The van der Waals surface area contributed by atoms with Crippen LogP contribution in [0.25, 0.3) is 0 Å². The summed E-state index contributed by atoms with van der Waals surface area (Å²) < 4.78 is 5.57. The van der Waals surface area contributed by atoms with Crippen LogP contribution in [0, 0.1) is 5.92 Å². The molecule has 2 aromatic rings. The number of benzene rings is 1. The molecule has 0 bridgehead atoms. The highest BCUT2D eigenvalue weighted by Crippen LogP contribution is 2.39. The van der Waals surface area contributed by atoms with Gasteiger partial charge >= 0.3 is 0 Å². The summed E-state index contributed by atoms with van der Waals surface area (Å²) in [4.78, 5) is 14.4. The Hall–Kier alpha value is -2.16. The third-order valence-electron chi connectivity index (χ3n) is 8.20. The van der Waals surface area contributed by atoms with E-state index in [-0.39, 0.29) is 5.41 Å². The first-order valence-corrected chi connectivity index (χ1v) is 14.6. The minimum atomic E-state index is 0.0288. The van der Waals surface area contributed by atoms with Crippen LogP contribution >= 0.6 is 23.8 Å². The highest BCUT2D eigenvalue weighted by molar-refractivity contribution is 7.80.